The van der Waals surface area contributed by atoms with Gasteiger partial charge in [-0.2, -0.15) is 0 Å². The van der Waals surface area contributed by atoms with Gasteiger partial charge in [0.15, 0.2) is 5.75 Å². The summed E-state index contributed by atoms with van der Waals surface area (Å²) in [5.41, 5.74) is 9.65. The van der Waals surface area contributed by atoms with Gasteiger partial charge in [0.05, 0.1) is 34.6 Å². The zero-order valence-electron chi connectivity index (χ0n) is 20.4. The molecule has 0 saturated carbocycles. The Hall–Kier alpha value is -4.08. The molecule has 4 aromatic rings. The highest BCUT2D eigenvalue weighted by atomic mass is 35.5. The summed E-state index contributed by atoms with van der Waals surface area (Å²) in [6.07, 6.45) is 0.615. The molecule has 9 nitrogen and oxygen atoms in total. The normalized spacial score (nSPS) is 10.9. The Morgan fingerprint density at radius 3 is 2.37 bits per heavy atom. The maximum atomic E-state index is 12.6. The second kappa shape index (κ2) is 11.5. The molecule has 11 heteroatoms. The fraction of sp³-hybridized carbons (Fsp3) is 0.185. The molecular weight excluding hydrogens is 529 g/mol. The number of carbonyl (C=O) groups is 2. The summed E-state index contributed by atoms with van der Waals surface area (Å²) < 4.78 is 6.62. The number of esters is 1. The van der Waals surface area contributed by atoms with Crippen molar-refractivity contribution in [3.63, 3.8) is 0 Å². The number of hydrogen-bond acceptors (Lipinski definition) is 6. The second-order valence-electron chi connectivity index (χ2n) is 8.52. The number of phenolic OH excluding ortho intramolecular Hbond substituents is 1. The molecule has 0 saturated heterocycles. The van der Waals surface area contributed by atoms with Crippen LogP contribution in [0.2, 0.25) is 10.0 Å². The highest BCUT2D eigenvalue weighted by Gasteiger charge is 2.16. The molecule has 1 amide bonds. The van der Waals surface area contributed by atoms with Crippen molar-refractivity contribution in [2.45, 2.75) is 19.4 Å². The van der Waals surface area contributed by atoms with Crippen molar-refractivity contribution >= 4 is 51.9 Å². The van der Waals surface area contributed by atoms with Crippen LogP contribution in [0.25, 0.3) is 22.4 Å². The minimum atomic E-state index is -0.406. The highest BCUT2D eigenvalue weighted by molar-refractivity contribution is 6.37. The molecule has 0 spiro atoms. The first kappa shape index (κ1) is 27.0. The summed E-state index contributed by atoms with van der Waals surface area (Å²) in [5, 5.41) is 20.6. The Morgan fingerprint density at radius 2 is 1.74 bits per heavy atom. The lowest BCUT2D eigenvalue weighted by Gasteiger charge is -2.11. The van der Waals surface area contributed by atoms with Crippen LogP contribution in [-0.4, -0.2) is 46.0 Å². The minimum absolute atomic E-state index is 0.0333. The second-order valence-corrected chi connectivity index (χ2v) is 9.34. The van der Waals surface area contributed by atoms with E-state index >= 15 is 0 Å². The topological polar surface area (TPSA) is 143 Å². The number of aromatic nitrogens is 2. The lowest BCUT2D eigenvalue weighted by Crippen LogP contribution is -2.26. The van der Waals surface area contributed by atoms with E-state index in [2.05, 4.69) is 10.1 Å². The quantitative estimate of drug-likeness (QED) is 0.136. The van der Waals surface area contributed by atoms with Gasteiger partial charge in [-0.25, -0.2) is 4.98 Å². The van der Waals surface area contributed by atoms with E-state index in [9.17, 15) is 14.7 Å². The predicted molar refractivity (Wildman–Crippen MR) is 147 cm³/mol. The molecule has 0 aliphatic rings. The highest BCUT2D eigenvalue weighted by Crippen LogP contribution is 2.33. The average Bonchev–Trinajstić information content (AvgIpc) is 3.27. The van der Waals surface area contributed by atoms with E-state index in [0.29, 0.717) is 35.4 Å². The summed E-state index contributed by atoms with van der Waals surface area (Å²) in [4.78, 5) is 28.8. The molecule has 0 fully saturated rings. The van der Waals surface area contributed by atoms with Crippen LogP contribution in [0, 0.1) is 5.41 Å². The first-order chi connectivity index (χ1) is 18.2. The molecule has 0 bridgehead atoms. The van der Waals surface area contributed by atoms with Crippen molar-refractivity contribution in [2.24, 2.45) is 5.73 Å². The van der Waals surface area contributed by atoms with Crippen molar-refractivity contribution in [3.8, 4) is 17.1 Å². The third kappa shape index (κ3) is 5.90. The molecule has 0 aliphatic carbocycles. The first-order valence-electron chi connectivity index (χ1n) is 11.6. The monoisotopic (exact) mass is 553 g/mol. The Balaban J connectivity index is 1.68. The zero-order chi connectivity index (χ0) is 27.4. The van der Waals surface area contributed by atoms with E-state index in [0.717, 1.165) is 16.6 Å². The average molecular weight is 554 g/mol. The third-order valence-corrected chi connectivity index (χ3v) is 6.58. The van der Waals surface area contributed by atoms with Gasteiger partial charge in [0.1, 0.15) is 11.7 Å². The summed E-state index contributed by atoms with van der Waals surface area (Å²) in [5.74, 6) is -0.264. The zero-order valence-corrected chi connectivity index (χ0v) is 21.9. The number of nitrogens with one attached hydrogen (secondary N) is 2. The maximum Gasteiger partial charge on any atom is 0.307 e. The number of nitrogens with zero attached hydrogens (tertiary/aromatic N) is 2. The molecule has 0 radical (unpaired) electrons. The van der Waals surface area contributed by atoms with Crippen LogP contribution < -0.4 is 11.1 Å². The first-order valence-corrected chi connectivity index (χ1v) is 12.4. The smallest absolute Gasteiger partial charge is 0.307 e. The standard InChI is InChI=1S/C27H25Cl2N5O4/c1-38-23(35)8-10-32-27(37)18-6-7-22-21(14-18)33-26(17-4-2-16(3-5-17)25(30)31)34(22)11-9-15-12-19(28)24(36)20(29)13-15/h2-7,12-14,36H,8-11H2,1H3,(H3,30,31)(H,32,37). The predicted octanol–water partition coefficient (Wildman–Crippen LogP) is 4.54. The van der Waals surface area contributed by atoms with E-state index in [1.807, 2.05) is 22.8 Å². The van der Waals surface area contributed by atoms with E-state index in [4.69, 9.17) is 39.3 Å². The van der Waals surface area contributed by atoms with E-state index in [-0.39, 0.29) is 40.5 Å². The van der Waals surface area contributed by atoms with Gasteiger partial charge in [0.25, 0.3) is 5.91 Å². The van der Waals surface area contributed by atoms with E-state index < -0.39 is 5.97 Å². The lowest BCUT2D eigenvalue weighted by atomic mass is 10.1. The molecule has 0 atom stereocenters. The van der Waals surface area contributed by atoms with E-state index in [1.165, 1.54) is 7.11 Å². The number of rotatable bonds is 9. The maximum absolute atomic E-state index is 12.6. The van der Waals surface area contributed by atoms with Gasteiger partial charge in [0, 0.05) is 29.8 Å². The largest absolute Gasteiger partial charge is 0.505 e. The number of amides is 1. The van der Waals surface area contributed by atoms with Crippen molar-refractivity contribution in [1.29, 1.82) is 5.41 Å². The molecule has 196 valence electrons. The van der Waals surface area contributed by atoms with Gasteiger partial charge < -0.3 is 25.5 Å². The summed E-state index contributed by atoms with van der Waals surface area (Å²) >= 11 is 12.2. The number of nitrogens with two attached hydrogens (primary N) is 1. The molecular formula is C27H25Cl2N5O4. The number of hydrogen-bond donors (Lipinski definition) is 4. The van der Waals surface area contributed by atoms with Crippen molar-refractivity contribution < 1.29 is 19.4 Å². The van der Waals surface area contributed by atoms with Crippen LogP contribution in [0.15, 0.2) is 54.6 Å². The Kier molecular flexibility index (Phi) is 8.19. The molecule has 1 heterocycles. The molecule has 3 aromatic carbocycles. The number of phenols is 1. The number of ether oxygens (including phenoxy) is 1. The van der Waals surface area contributed by atoms with Gasteiger partial charge in [-0.05, 0) is 42.3 Å². The van der Waals surface area contributed by atoms with Crippen LogP contribution in [-0.2, 0) is 22.5 Å². The number of aromatic hydroxyl groups is 1. The van der Waals surface area contributed by atoms with Crippen molar-refractivity contribution in [1.82, 2.24) is 14.9 Å². The van der Waals surface area contributed by atoms with Crippen LogP contribution in [0.1, 0.15) is 27.9 Å². The summed E-state index contributed by atoms with van der Waals surface area (Å²) in [6, 6.07) is 15.7. The van der Waals surface area contributed by atoms with Crippen molar-refractivity contribution in [2.75, 3.05) is 13.7 Å². The lowest BCUT2D eigenvalue weighted by molar-refractivity contribution is -0.140. The van der Waals surface area contributed by atoms with Crippen LogP contribution >= 0.6 is 23.2 Å². The molecule has 4 rings (SSSR count). The van der Waals surface area contributed by atoms with Gasteiger partial charge >= 0.3 is 5.97 Å². The van der Waals surface area contributed by atoms with Crippen LogP contribution in [0.3, 0.4) is 0 Å². The Labute approximate surface area is 228 Å². The number of aryl methyl sites for hydroxylation is 2. The van der Waals surface area contributed by atoms with Gasteiger partial charge in [-0.1, -0.05) is 47.5 Å². The van der Waals surface area contributed by atoms with Crippen LogP contribution in [0.5, 0.6) is 5.75 Å². The number of halogens is 2. The molecule has 1 aromatic heterocycles. The number of fused-ring (bicyclic) bond motifs is 1. The molecule has 0 unspecified atom stereocenters. The number of imidazole rings is 1. The van der Waals surface area contributed by atoms with Gasteiger partial charge in [-0.15, -0.1) is 0 Å². The van der Waals surface area contributed by atoms with Crippen LogP contribution in [0.4, 0.5) is 0 Å². The number of nitrogen functional groups attached to an aromatic ring is 1. The van der Waals surface area contributed by atoms with Gasteiger partial charge in [0.2, 0.25) is 0 Å². The number of benzene rings is 3. The van der Waals surface area contributed by atoms with E-state index in [1.54, 1.807) is 36.4 Å². The Bertz CT molecular complexity index is 1510. The summed E-state index contributed by atoms with van der Waals surface area (Å²) in [6.45, 7) is 0.659. The van der Waals surface area contributed by atoms with Gasteiger partial charge in [-0.3, -0.25) is 15.0 Å². The summed E-state index contributed by atoms with van der Waals surface area (Å²) in [7, 11) is 1.30. The van der Waals surface area contributed by atoms with Crippen molar-refractivity contribution in [3.05, 3.63) is 81.3 Å². The number of amidine groups is 1. The minimum Gasteiger partial charge on any atom is -0.505 e. The molecule has 5 N–H and O–H groups in total. The third-order valence-electron chi connectivity index (χ3n) is 6.01. The molecule has 0 aliphatic heterocycles. The fourth-order valence-corrected chi connectivity index (χ4v) is 4.53. The number of carbonyl (C=O) groups excluding carboxylic acids is 2. The fourth-order valence-electron chi connectivity index (χ4n) is 4.00. The number of methoxy groups -OCH3 is 1. The SMILES string of the molecule is COC(=O)CCNC(=O)c1ccc2c(c1)nc(-c1ccc(C(=N)N)cc1)n2CCc1cc(Cl)c(O)c(Cl)c1. The Morgan fingerprint density at radius 1 is 1.08 bits per heavy atom. The molecule has 38 heavy (non-hydrogen) atoms.